The number of ether oxygens (including phenoxy) is 2. The maximum Gasteiger partial charge on any atom is 0.364 e. The van der Waals surface area contributed by atoms with E-state index in [1.807, 2.05) is 0 Å². The van der Waals surface area contributed by atoms with E-state index in [0.717, 1.165) is 0 Å². The molecule has 1 aliphatic carbocycles. The van der Waals surface area contributed by atoms with E-state index in [4.69, 9.17) is 14.6 Å². The molecule has 1 aliphatic heterocycles. The highest BCUT2D eigenvalue weighted by Crippen LogP contribution is 2.46. The van der Waals surface area contributed by atoms with Gasteiger partial charge in [0.1, 0.15) is 12.2 Å². The largest absolute Gasteiger partial charge is 0.477 e. The number of carboxylic acid groups (broad SMARTS) is 1. The van der Waals surface area contributed by atoms with E-state index in [1.165, 1.54) is 6.92 Å². The third-order valence-corrected chi connectivity index (χ3v) is 5.26. The van der Waals surface area contributed by atoms with Crippen LogP contribution >= 0.6 is 0 Å². The number of aliphatic hydroxyl groups is 7. The van der Waals surface area contributed by atoms with E-state index in [0.29, 0.717) is 0 Å². The molecule has 1 saturated heterocycles. The van der Waals surface area contributed by atoms with Crippen molar-refractivity contribution < 1.29 is 55.1 Å². The van der Waals surface area contributed by atoms with Gasteiger partial charge in [0, 0.05) is 18.8 Å². The Kier molecular flexibility index (Phi) is 6.27. The Bertz CT molecular complexity index is 516. The highest BCUT2D eigenvalue weighted by atomic mass is 16.8. The van der Waals surface area contributed by atoms with Crippen LogP contribution in [0.15, 0.2) is 0 Å². The third kappa shape index (κ3) is 3.59. The summed E-state index contributed by atoms with van der Waals surface area (Å²) in [5, 5.41) is 77.8. The van der Waals surface area contributed by atoms with E-state index in [-0.39, 0.29) is 6.42 Å². The fraction of sp³-hybridized carbons (Fsp3) is 0.933. The van der Waals surface area contributed by atoms with Crippen LogP contribution in [-0.2, 0) is 14.3 Å². The molecule has 11 nitrogen and oxygen atoms in total. The molecule has 26 heavy (non-hydrogen) atoms. The first kappa shape index (κ1) is 21.4. The lowest BCUT2D eigenvalue weighted by Crippen LogP contribution is -2.69. The average Bonchev–Trinajstić information content (AvgIpc) is 2.56. The lowest BCUT2D eigenvalue weighted by atomic mass is 9.75. The summed E-state index contributed by atoms with van der Waals surface area (Å²) in [5.41, 5.74) is 0. The van der Waals surface area contributed by atoms with Gasteiger partial charge in [-0.05, 0) is 0 Å². The molecular formula is C15H26O11. The van der Waals surface area contributed by atoms with E-state index in [1.54, 1.807) is 0 Å². The Labute approximate surface area is 149 Å². The van der Waals surface area contributed by atoms with Crippen molar-refractivity contribution in [1.82, 2.24) is 0 Å². The van der Waals surface area contributed by atoms with Crippen molar-refractivity contribution in [1.29, 1.82) is 0 Å². The summed E-state index contributed by atoms with van der Waals surface area (Å²) in [7, 11) is 0. The molecular weight excluding hydrogens is 356 g/mol. The van der Waals surface area contributed by atoms with Gasteiger partial charge in [0.2, 0.25) is 0 Å². The number of carboxylic acids is 1. The molecule has 0 bridgehead atoms. The summed E-state index contributed by atoms with van der Waals surface area (Å²) in [6.07, 6.45) is -8.25. The SMILES string of the molecule is CC1C(O)C[C@](OC2(O)CC(O)[C@H]2CO)(C(=O)O)OC1[C@H](O)[C@H](O)CO. The molecule has 2 fully saturated rings. The molecule has 0 spiro atoms. The minimum Gasteiger partial charge on any atom is -0.477 e. The molecule has 152 valence electrons. The van der Waals surface area contributed by atoms with Gasteiger partial charge >= 0.3 is 5.97 Å². The minimum atomic E-state index is -2.59. The van der Waals surface area contributed by atoms with Crippen molar-refractivity contribution in [3.8, 4) is 0 Å². The maximum atomic E-state index is 11.8. The van der Waals surface area contributed by atoms with E-state index in [9.17, 15) is 40.5 Å². The van der Waals surface area contributed by atoms with Crippen LogP contribution in [0, 0.1) is 11.8 Å². The lowest BCUT2D eigenvalue weighted by Gasteiger charge is -2.53. The van der Waals surface area contributed by atoms with Crippen molar-refractivity contribution in [3.63, 3.8) is 0 Å². The van der Waals surface area contributed by atoms with Gasteiger partial charge in [0.15, 0.2) is 5.79 Å². The second kappa shape index (κ2) is 7.62. The fourth-order valence-corrected chi connectivity index (χ4v) is 3.41. The van der Waals surface area contributed by atoms with Gasteiger partial charge in [0.05, 0.1) is 37.4 Å². The van der Waals surface area contributed by atoms with Gasteiger partial charge in [-0.25, -0.2) is 4.79 Å². The first-order chi connectivity index (χ1) is 12.0. The highest BCUT2D eigenvalue weighted by Gasteiger charge is 2.62. The van der Waals surface area contributed by atoms with Crippen LogP contribution in [0.3, 0.4) is 0 Å². The summed E-state index contributed by atoms with van der Waals surface area (Å²) >= 11 is 0. The molecule has 8 N–H and O–H groups in total. The van der Waals surface area contributed by atoms with Crippen LogP contribution in [-0.4, -0.2) is 102 Å². The Morgan fingerprint density at radius 2 is 1.85 bits per heavy atom. The zero-order valence-corrected chi connectivity index (χ0v) is 14.2. The van der Waals surface area contributed by atoms with E-state index in [2.05, 4.69) is 0 Å². The van der Waals surface area contributed by atoms with Crippen molar-refractivity contribution in [2.24, 2.45) is 11.8 Å². The Morgan fingerprint density at radius 3 is 2.31 bits per heavy atom. The maximum absolute atomic E-state index is 11.8. The molecule has 0 radical (unpaired) electrons. The van der Waals surface area contributed by atoms with E-state index < -0.39 is 79.5 Å². The zero-order chi connectivity index (χ0) is 19.9. The number of hydrogen-bond acceptors (Lipinski definition) is 10. The molecule has 2 aliphatic rings. The van der Waals surface area contributed by atoms with Crippen LogP contribution in [0.1, 0.15) is 19.8 Å². The van der Waals surface area contributed by atoms with Gasteiger partial charge in [-0.3, -0.25) is 0 Å². The van der Waals surface area contributed by atoms with Crippen LogP contribution in [0.5, 0.6) is 0 Å². The summed E-state index contributed by atoms with van der Waals surface area (Å²) in [6.45, 7) is -0.0537. The van der Waals surface area contributed by atoms with E-state index >= 15 is 0 Å². The second-order valence-electron chi connectivity index (χ2n) is 7.02. The second-order valence-corrected chi connectivity index (χ2v) is 7.02. The lowest BCUT2D eigenvalue weighted by molar-refractivity contribution is -0.423. The normalized spacial score (nSPS) is 45.6. The molecule has 0 aromatic rings. The van der Waals surface area contributed by atoms with Crippen LogP contribution in [0.2, 0.25) is 0 Å². The summed E-state index contributed by atoms with van der Waals surface area (Å²) in [5.74, 6) is -8.50. The predicted octanol–water partition coefficient (Wildman–Crippen LogP) is -3.65. The summed E-state index contributed by atoms with van der Waals surface area (Å²) < 4.78 is 10.6. The van der Waals surface area contributed by atoms with Crippen molar-refractivity contribution >= 4 is 5.97 Å². The molecule has 0 amide bonds. The molecule has 1 saturated carbocycles. The standard InChI is InChI=1S/C15H26O11/c1-6-8(18)3-15(13(22)23,25-12(6)11(21)10(20)5-17)26-14(24)2-9(19)7(14)4-16/h6-12,16-21,24H,2-5H2,1H3,(H,22,23)/t6?,7-,8?,9?,10-,11-,12?,14?,15+/m1/s1. The van der Waals surface area contributed by atoms with Gasteiger partial charge in [-0.15, -0.1) is 0 Å². The molecule has 9 atom stereocenters. The molecule has 1 heterocycles. The minimum absolute atomic E-state index is 0.380. The average molecular weight is 382 g/mol. The summed E-state index contributed by atoms with van der Waals surface area (Å²) in [6, 6.07) is 0. The highest BCUT2D eigenvalue weighted by molar-refractivity contribution is 5.76. The Balaban J connectivity index is 2.30. The fourth-order valence-electron chi connectivity index (χ4n) is 3.41. The van der Waals surface area contributed by atoms with Gasteiger partial charge in [0.25, 0.3) is 5.79 Å². The topological polar surface area (TPSA) is 197 Å². The molecule has 11 heteroatoms. The summed E-state index contributed by atoms with van der Waals surface area (Å²) in [4.78, 5) is 11.8. The number of aliphatic carboxylic acids is 1. The number of carbonyl (C=O) groups is 1. The van der Waals surface area contributed by atoms with Gasteiger partial charge in [-0.1, -0.05) is 6.92 Å². The van der Waals surface area contributed by atoms with Gasteiger partial charge in [-0.2, -0.15) is 0 Å². The van der Waals surface area contributed by atoms with Crippen molar-refractivity contribution in [3.05, 3.63) is 0 Å². The van der Waals surface area contributed by atoms with Crippen molar-refractivity contribution in [2.45, 2.75) is 61.9 Å². The smallest absolute Gasteiger partial charge is 0.364 e. The first-order valence-corrected chi connectivity index (χ1v) is 8.29. The predicted molar refractivity (Wildman–Crippen MR) is 81.4 cm³/mol. The number of rotatable bonds is 7. The zero-order valence-electron chi connectivity index (χ0n) is 14.2. The quantitative estimate of drug-likeness (QED) is 0.202. The molecule has 0 aromatic carbocycles. The number of aliphatic hydroxyl groups excluding tert-OH is 6. The Morgan fingerprint density at radius 1 is 1.23 bits per heavy atom. The van der Waals surface area contributed by atoms with Crippen LogP contribution in [0.4, 0.5) is 0 Å². The number of hydrogen-bond donors (Lipinski definition) is 8. The van der Waals surface area contributed by atoms with Crippen LogP contribution in [0.25, 0.3) is 0 Å². The van der Waals surface area contributed by atoms with Gasteiger partial charge < -0.3 is 50.3 Å². The Hall–Kier alpha value is -0.890. The van der Waals surface area contributed by atoms with Crippen LogP contribution < -0.4 is 0 Å². The third-order valence-electron chi connectivity index (χ3n) is 5.26. The monoisotopic (exact) mass is 382 g/mol. The molecule has 5 unspecified atom stereocenters. The van der Waals surface area contributed by atoms with Crippen molar-refractivity contribution in [2.75, 3.05) is 13.2 Å². The molecule has 0 aromatic heterocycles. The molecule has 2 rings (SSSR count). The first-order valence-electron chi connectivity index (χ1n) is 8.29.